The van der Waals surface area contributed by atoms with Crippen LogP contribution >= 0.6 is 0 Å². The van der Waals surface area contributed by atoms with E-state index in [0.29, 0.717) is 6.10 Å². The molecule has 2 atom stereocenters. The molecule has 3 heterocycles. The van der Waals surface area contributed by atoms with Crippen molar-refractivity contribution in [1.82, 2.24) is 4.90 Å². The lowest BCUT2D eigenvalue weighted by Crippen LogP contribution is -2.56. The van der Waals surface area contributed by atoms with Gasteiger partial charge in [0.15, 0.2) is 0 Å². The van der Waals surface area contributed by atoms with Crippen molar-refractivity contribution in [3.63, 3.8) is 0 Å². The SMILES string of the molecule is CCOCC12CCCOC1CCN(Cc1ccco1)C2.O=C(O)C(F)(F)F. The molecule has 0 bridgehead atoms. The number of fused-ring (bicyclic) bond motifs is 1. The fourth-order valence-corrected chi connectivity index (χ4v) is 3.66. The van der Waals surface area contributed by atoms with Crippen molar-refractivity contribution in [3.05, 3.63) is 24.2 Å². The third-order valence-corrected chi connectivity index (χ3v) is 4.86. The van der Waals surface area contributed by atoms with Crippen molar-refractivity contribution in [2.75, 3.05) is 32.9 Å². The number of furan rings is 1. The summed E-state index contributed by atoms with van der Waals surface area (Å²) in [5, 5.41) is 7.12. The molecular formula is C18H26F3NO5. The number of rotatable bonds is 5. The van der Waals surface area contributed by atoms with E-state index in [1.807, 2.05) is 6.07 Å². The normalized spacial score (nSPS) is 26.0. The molecule has 0 radical (unpaired) electrons. The van der Waals surface area contributed by atoms with Gasteiger partial charge in [-0.3, -0.25) is 4.90 Å². The van der Waals surface area contributed by atoms with Gasteiger partial charge in [-0.1, -0.05) is 0 Å². The van der Waals surface area contributed by atoms with E-state index in [1.165, 1.54) is 6.42 Å². The summed E-state index contributed by atoms with van der Waals surface area (Å²) in [6.45, 7) is 7.62. The fraction of sp³-hybridized carbons (Fsp3) is 0.722. The Kier molecular flexibility index (Phi) is 7.69. The molecule has 1 N–H and O–H groups in total. The number of alkyl halides is 3. The molecule has 0 aromatic carbocycles. The summed E-state index contributed by atoms with van der Waals surface area (Å²) in [6.07, 6.45) is 0.510. The van der Waals surface area contributed by atoms with Crippen molar-refractivity contribution in [3.8, 4) is 0 Å². The zero-order chi connectivity index (χ0) is 19.9. The van der Waals surface area contributed by atoms with Gasteiger partial charge in [-0.2, -0.15) is 13.2 Å². The van der Waals surface area contributed by atoms with Gasteiger partial charge in [-0.05, 0) is 38.3 Å². The first-order valence-corrected chi connectivity index (χ1v) is 9.01. The van der Waals surface area contributed by atoms with E-state index in [2.05, 4.69) is 17.9 Å². The molecule has 6 nitrogen and oxygen atoms in total. The van der Waals surface area contributed by atoms with Gasteiger partial charge in [0.25, 0.3) is 0 Å². The maximum absolute atomic E-state index is 10.6. The number of carboxylic acid groups (broad SMARTS) is 1. The number of halogens is 3. The highest BCUT2D eigenvalue weighted by molar-refractivity contribution is 5.73. The predicted octanol–water partition coefficient (Wildman–Crippen LogP) is 3.32. The summed E-state index contributed by atoms with van der Waals surface area (Å²) in [7, 11) is 0. The molecule has 0 amide bonds. The van der Waals surface area contributed by atoms with Crippen molar-refractivity contribution < 1.29 is 37.0 Å². The molecule has 1 aromatic heterocycles. The second-order valence-electron chi connectivity index (χ2n) is 6.84. The molecular weight excluding hydrogens is 367 g/mol. The second kappa shape index (κ2) is 9.57. The number of piperidine rings is 1. The van der Waals surface area contributed by atoms with Gasteiger partial charge >= 0.3 is 12.1 Å². The van der Waals surface area contributed by atoms with Crippen LogP contribution in [0.3, 0.4) is 0 Å². The summed E-state index contributed by atoms with van der Waals surface area (Å²) >= 11 is 0. The molecule has 0 aliphatic carbocycles. The topological polar surface area (TPSA) is 72.1 Å². The van der Waals surface area contributed by atoms with E-state index in [1.54, 1.807) is 6.26 Å². The highest BCUT2D eigenvalue weighted by Gasteiger charge is 2.46. The molecule has 9 heteroatoms. The van der Waals surface area contributed by atoms with Crippen LogP contribution in [0.15, 0.2) is 22.8 Å². The lowest BCUT2D eigenvalue weighted by molar-refractivity contribution is -0.192. The molecule has 2 aliphatic rings. The highest BCUT2D eigenvalue weighted by atomic mass is 19.4. The van der Waals surface area contributed by atoms with Crippen LogP contribution in [0.1, 0.15) is 31.9 Å². The van der Waals surface area contributed by atoms with E-state index < -0.39 is 12.1 Å². The van der Waals surface area contributed by atoms with E-state index in [-0.39, 0.29) is 5.41 Å². The Morgan fingerprint density at radius 1 is 1.48 bits per heavy atom. The zero-order valence-corrected chi connectivity index (χ0v) is 15.3. The van der Waals surface area contributed by atoms with Crippen LogP contribution in [0.2, 0.25) is 0 Å². The molecule has 2 fully saturated rings. The number of nitrogens with zero attached hydrogens (tertiary/aromatic N) is 1. The van der Waals surface area contributed by atoms with Crippen LogP contribution in [0.5, 0.6) is 0 Å². The molecule has 27 heavy (non-hydrogen) atoms. The fourth-order valence-electron chi connectivity index (χ4n) is 3.66. The number of carboxylic acids is 1. The van der Waals surface area contributed by atoms with Crippen LogP contribution in [0.4, 0.5) is 13.2 Å². The summed E-state index contributed by atoms with van der Waals surface area (Å²) in [5.41, 5.74) is 0.180. The van der Waals surface area contributed by atoms with Crippen LogP contribution in [-0.2, 0) is 20.8 Å². The Hall–Kier alpha value is -1.58. The van der Waals surface area contributed by atoms with Crippen molar-refractivity contribution >= 4 is 5.97 Å². The quantitative estimate of drug-likeness (QED) is 0.828. The predicted molar refractivity (Wildman–Crippen MR) is 90.2 cm³/mol. The Morgan fingerprint density at radius 3 is 2.81 bits per heavy atom. The third kappa shape index (κ3) is 6.22. The van der Waals surface area contributed by atoms with E-state index in [9.17, 15) is 13.2 Å². The smallest absolute Gasteiger partial charge is 0.475 e. The zero-order valence-electron chi connectivity index (χ0n) is 15.3. The van der Waals surface area contributed by atoms with Gasteiger partial charge in [0.1, 0.15) is 5.76 Å². The van der Waals surface area contributed by atoms with Gasteiger partial charge in [0, 0.05) is 31.7 Å². The standard InChI is InChI=1S/C16H25NO3.C2HF3O2/c1-2-18-13-16-7-4-10-20-15(16)6-8-17(12-16)11-14-5-3-9-19-14;3-2(4,5)1(6)7/h3,5,9,15H,2,4,6-8,10-13H2,1H3;(H,6,7). The summed E-state index contributed by atoms with van der Waals surface area (Å²) < 4.78 is 49.0. The average molecular weight is 393 g/mol. The van der Waals surface area contributed by atoms with Crippen molar-refractivity contribution in [2.24, 2.45) is 5.41 Å². The number of carbonyl (C=O) groups is 1. The average Bonchev–Trinajstić information content (AvgIpc) is 3.12. The van der Waals surface area contributed by atoms with Crippen LogP contribution in [0, 0.1) is 5.41 Å². The molecule has 0 spiro atoms. The number of aliphatic carboxylic acids is 1. The highest BCUT2D eigenvalue weighted by Crippen LogP contribution is 2.40. The largest absolute Gasteiger partial charge is 0.490 e. The van der Waals surface area contributed by atoms with E-state index >= 15 is 0 Å². The lowest BCUT2D eigenvalue weighted by Gasteiger charge is -2.50. The van der Waals surface area contributed by atoms with E-state index in [4.69, 9.17) is 23.8 Å². The van der Waals surface area contributed by atoms with Gasteiger partial charge in [0.2, 0.25) is 0 Å². The minimum atomic E-state index is -5.08. The first-order chi connectivity index (χ1) is 12.8. The first kappa shape index (κ1) is 21.7. The monoisotopic (exact) mass is 393 g/mol. The Balaban J connectivity index is 0.000000321. The summed E-state index contributed by atoms with van der Waals surface area (Å²) in [5.74, 6) is -1.71. The number of hydrogen-bond acceptors (Lipinski definition) is 5. The molecule has 3 rings (SSSR count). The Bertz CT molecular complexity index is 578. The second-order valence-corrected chi connectivity index (χ2v) is 6.84. The van der Waals surface area contributed by atoms with Crippen LogP contribution in [0.25, 0.3) is 0 Å². The molecule has 2 unspecified atom stereocenters. The van der Waals surface area contributed by atoms with Crippen molar-refractivity contribution in [2.45, 2.75) is 45.0 Å². The molecule has 1 aromatic rings. The van der Waals surface area contributed by atoms with Crippen LogP contribution < -0.4 is 0 Å². The van der Waals surface area contributed by atoms with Gasteiger partial charge in [-0.15, -0.1) is 0 Å². The van der Waals surface area contributed by atoms with E-state index in [0.717, 1.165) is 58.1 Å². The third-order valence-electron chi connectivity index (χ3n) is 4.86. The molecule has 2 saturated heterocycles. The van der Waals surface area contributed by atoms with Crippen molar-refractivity contribution in [1.29, 1.82) is 0 Å². The molecule has 2 aliphatic heterocycles. The van der Waals surface area contributed by atoms with Crippen LogP contribution in [-0.4, -0.2) is 61.2 Å². The van der Waals surface area contributed by atoms with Gasteiger partial charge in [0.05, 0.1) is 25.5 Å². The molecule has 154 valence electrons. The molecule has 0 saturated carbocycles. The number of likely N-dealkylation sites (tertiary alicyclic amines) is 1. The number of hydrogen-bond donors (Lipinski definition) is 1. The maximum Gasteiger partial charge on any atom is 0.490 e. The summed E-state index contributed by atoms with van der Waals surface area (Å²) in [6, 6.07) is 4.01. The maximum atomic E-state index is 10.6. The first-order valence-electron chi connectivity index (χ1n) is 9.01. The lowest BCUT2D eigenvalue weighted by atomic mass is 9.73. The summed E-state index contributed by atoms with van der Waals surface area (Å²) in [4.78, 5) is 11.4. The van der Waals surface area contributed by atoms with Gasteiger partial charge < -0.3 is 19.0 Å². The number of ether oxygens (including phenoxy) is 2. The van der Waals surface area contributed by atoms with Gasteiger partial charge in [-0.25, -0.2) is 4.79 Å². The Morgan fingerprint density at radius 2 is 2.22 bits per heavy atom. The minimum Gasteiger partial charge on any atom is -0.475 e. The minimum absolute atomic E-state index is 0.180. The Labute approximate surface area is 156 Å².